The zero-order valence-corrected chi connectivity index (χ0v) is 14.7. The van der Waals surface area contributed by atoms with E-state index >= 15 is 0 Å². The lowest BCUT2D eigenvalue weighted by molar-refractivity contribution is 0.101. The van der Waals surface area contributed by atoms with Gasteiger partial charge in [-0.25, -0.2) is 0 Å². The topological polar surface area (TPSA) is 37.3 Å². The number of phenolic OH excluding ortho intramolecular Hbond substituents is 1. The maximum atomic E-state index is 11.8. The highest BCUT2D eigenvalue weighted by molar-refractivity contribution is 7.56. The number of phenols is 1. The number of carbonyl (C=O) groups excluding carboxylic acids is 1. The molecule has 2 unspecified atom stereocenters. The van der Waals surface area contributed by atoms with Crippen molar-refractivity contribution in [2.75, 3.05) is 0 Å². The Labute approximate surface area is 144 Å². The van der Waals surface area contributed by atoms with Crippen LogP contribution in [-0.4, -0.2) is 10.9 Å². The number of rotatable bonds is 5. The maximum absolute atomic E-state index is 11.8. The van der Waals surface area contributed by atoms with E-state index < -0.39 is 0 Å². The van der Waals surface area contributed by atoms with Crippen molar-refractivity contribution in [1.82, 2.24) is 0 Å². The van der Waals surface area contributed by atoms with Gasteiger partial charge in [-0.3, -0.25) is 4.79 Å². The van der Waals surface area contributed by atoms with Crippen molar-refractivity contribution in [1.29, 1.82) is 0 Å². The van der Waals surface area contributed by atoms with Gasteiger partial charge in [-0.2, -0.15) is 0 Å². The van der Waals surface area contributed by atoms with Crippen molar-refractivity contribution in [2.24, 2.45) is 5.92 Å². The highest BCUT2D eigenvalue weighted by Gasteiger charge is 2.12. The van der Waals surface area contributed by atoms with Crippen LogP contribution in [0.25, 0.3) is 0 Å². The second-order valence-electron chi connectivity index (χ2n) is 6.09. The van der Waals surface area contributed by atoms with Gasteiger partial charge in [-0.15, -0.1) is 0 Å². The average Bonchev–Trinajstić information content (AvgIpc) is 2.59. The number of carbonyl (C=O) groups is 1. The molecule has 122 valence electrons. The van der Waals surface area contributed by atoms with E-state index in [-0.39, 0.29) is 14.4 Å². The van der Waals surface area contributed by atoms with Gasteiger partial charge in [0, 0.05) is 10.9 Å². The number of Topliss-reactive ketones (excluding diaryl/α,β-unsaturated/α-hetero) is 1. The lowest BCUT2D eigenvalue weighted by atomic mass is 9.93. The van der Waals surface area contributed by atoms with Crippen LogP contribution < -0.4 is 10.6 Å². The Morgan fingerprint density at radius 1 is 1.17 bits per heavy atom. The number of hydrogen-bond donors (Lipinski definition) is 1. The van der Waals surface area contributed by atoms with E-state index in [4.69, 9.17) is 0 Å². The van der Waals surface area contributed by atoms with Crippen LogP contribution in [0.15, 0.2) is 66.8 Å². The zero-order chi connectivity index (χ0) is 16.9. The van der Waals surface area contributed by atoms with Gasteiger partial charge >= 0.3 is 0 Å². The fourth-order valence-electron chi connectivity index (χ4n) is 2.94. The van der Waals surface area contributed by atoms with E-state index in [9.17, 15) is 9.90 Å². The van der Waals surface area contributed by atoms with Crippen LogP contribution in [0.5, 0.6) is 5.75 Å². The maximum Gasteiger partial charge on any atom is 0.160 e. The fraction of sp³-hybridized carbons (Fsp3) is 0.190. The summed E-state index contributed by atoms with van der Waals surface area (Å²) >= 11 is 0. The van der Waals surface area contributed by atoms with Crippen LogP contribution in [0.4, 0.5) is 0 Å². The first-order valence-corrected chi connectivity index (χ1v) is 9.15. The molecule has 3 heteroatoms. The molecule has 0 spiro atoms. The van der Waals surface area contributed by atoms with E-state index in [1.165, 1.54) is 5.56 Å². The summed E-state index contributed by atoms with van der Waals surface area (Å²) in [6.45, 7) is 1.59. The molecule has 2 aromatic rings. The summed E-state index contributed by atoms with van der Waals surface area (Å²) in [5.74, 6) is 0.877. The van der Waals surface area contributed by atoms with Crippen LogP contribution in [0.3, 0.4) is 0 Å². The molecule has 0 aromatic heterocycles. The van der Waals surface area contributed by atoms with E-state index in [1.807, 2.05) is 30.3 Å². The molecule has 0 bridgehead atoms. The molecule has 0 amide bonds. The van der Waals surface area contributed by atoms with Gasteiger partial charge in [-0.1, -0.05) is 63.2 Å². The lowest BCUT2D eigenvalue weighted by Crippen LogP contribution is -2.13. The number of hydrogen-bond acceptors (Lipinski definition) is 2. The van der Waals surface area contributed by atoms with Gasteiger partial charge in [0.25, 0.3) is 0 Å². The molecule has 0 saturated heterocycles. The minimum absolute atomic E-state index is 0.0628. The summed E-state index contributed by atoms with van der Waals surface area (Å²) < 4.78 is 0. The molecule has 1 N–H and O–H groups in total. The largest absolute Gasteiger partial charge is 0.507 e. The van der Waals surface area contributed by atoms with E-state index in [2.05, 4.69) is 30.4 Å². The molecule has 0 fully saturated rings. The monoisotopic (exact) mass is 336 g/mol. The molecule has 3 rings (SSSR count). The Kier molecular flexibility index (Phi) is 5.27. The molecular formula is C21H21O2P. The average molecular weight is 336 g/mol. The second kappa shape index (κ2) is 7.59. The highest BCUT2D eigenvalue weighted by atomic mass is 31.1. The number of aromatic hydroxyl groups is 1. The Hall–Kier alpha value is -2.18. The molecule has 2 aromatic carbocycles. The zero-order valence-electron chi connectivity index (χ0n) is 13.7. The van der Waals surface area contributed by atoms with Crippen molar-refractivity contribution >= 4 is 25.0 Å². The Balaban J connectivity index is 1.83. The predicted molar refractivity (Wildman–Crippen MR) is 102 cm³/mol. The first-order chi connectivity index (χ1) is 11.6. The highest BCUT2D eigenvalue weighted by Crippen LogP contribution is 2.24. The van der Waals surface area contributed by atoms with Gasteiger partial charge in [0.2, 0.25) is 0 Å². The SMILES string of the molecule is CC(=O)c1ccccc1Pc1cc(CC2C=CC=CC2)ccc1O. The van der Waals surface area contributed by atoms with E-state index in [0.29, 0.717) is 11.7 Å². The van der Waals surface area contributed by atoms with Crippen molar-refractivity contribution < 1.29 is 9.90 Å². The molecule has 1 aliphatic carbocycles. The second-order valence-corrected chi connectivity index (χ2v) is 7.42. The van der Waals surface area contributed by atoms with Gasteiger partial charge in [0.05, 0.1) is 0 Å². The molecule has 0 heterocycles. The standard InChI is InChI=1S/C21H21O2P/c1-15(22)18-9-5-6-10-20(18)24-21-14-17(11-12-19(21)23)13-16-7-3-2-4-8-16/h2-7,9-12,14,16,23-24H,8,13H2,1H3. The molecule has 0 aliphatic heterocycles. The Morgan fingerprint density at radius 3 is 2.75 bits per heavy atom. The molecule has 1 aliphatic rings. The minimum atomic E-state index is 0.0628. The third kappa shape index (κ3) is 4.01. The lowest BCUT2D eigenvalue weighted by Gasteiger charge is -2.15. The molecule has 0 saturated carbocycles. The summed E-state index contributed by atoms with van der Waals surface area (Å²) in [6, 6.07) is 13.5. The predicted octanol–water partition coefficient (Wildman–Crippen LogP) is 3.90. The number of ketones is 1. The smallest absolute Gasteiger partial charge is 0.160 e. The summed E-state index contributed by atoms with van der Waals surface area (Å²) in [5.41, 5.74) is 1.96. The van der Waals surface area contributed by atoms with Crippen LogP contribution in [0.2, 0.25) is 0 Å². The van der Waals surface area contributed by atoms with Gasteiger partial charge < -0.3 is 5.11 Å². The van der Waals surface area contributed by atoms with Gasteiger partial charge in [0.1, 0.15) is 5.75 Å². The summed E-state index contributed by atoms with van der Waals surface area (Å²) in [6.07, 6.45) is 10.6. The van der Waals surface area contributed by atoms with Crippen molar-refractivity contribution in [3.8, 4) is 5.75 Å². The van der Waals surface area contributed by atoms with Gasteiger partial charge in [-0.05, 0) is 48.7 Å². The molecular weight excluding hydrogens is 315 g/mol. The van der Waals surface area contributed by atoms with E-state index in [1.54, 1.807) is 13.0 Å². The normalized spacial score (nSPS) is 16.8. The first kappa shape index (κ1) is 16.7. The molecule has 0 radical (unpaired) electrons. The van der Waals surface area contributed by atoms with Crippen molar-refractivity contribution in [2.45, 2.75) is 19.8 Å². The summed E-state index contributed by atoms with van der Waals surface area (Å²) in [4.78, 5) is 11.8. The van der Waals surface area contributed by atoms with E-state index in [0.717, 1.165) is 29.0 Å². The van der Waals surface area contributed by atoms with Crippen LogP contribution >= 0.6 is 8.58 Å². The van der Waals surface area contributed by atoms with Crippen LogP contribution in [0, 0.1) is 5.92 Å². The van der Waals surface area contributed by atoms with Crippen LogP contribution in [-0.2, 0) is 6.42 Å². The fourth-order valence-corrected chi connectivity index (χ4v) is 4.27. The van der Waals surface area contributed by atoms with Gasteiger partial charge in [0.15, 0.2) is 5.78 Å². The Morgan fingerprint density at radius 2 is 2.00 bits per heavy atom. The van der Waals surface area contributed by atoms with Crippen molar-refractivity contribution in [3.63, 3.8) is 0 Å². The third-order valence-electron chi connectivity index (χ3n) is 4.20. The first-order valence-electron chi connectivity index (χ1n) is 8.15. The quantitative estimate of drug-likeness (QED) is 0.664. The number of allylic oxidation sites excluding steroid dienone is 4. The molecule has 2 nitrogen and oxygen atoms in total. The molecule has 24 heavy (non-hydrogen) atoms. The molecule has 2 atom stereocenters. The summed E-state index contributed by atoms with van der Waals surface area (Å²) in [5, 5.41) is 12.1. The number of benzene rings is 2. The summed E-state index contributed by atoms with van der Waals surface area (Å²) in [7, 11) is 0.273. The minimum Gasteiger partial charge on any atom is -0.507 e. The van der Waals surface area contributed by atoms with Crippen LogP contribution in [0.1, 0.15) is 29.3 Å². The van der Waals surface area contributed by atoms with Crippen molar-refractivity contribution in [3.05, 3.63) is 77.9 Å². The Bertz CT molecular complexity index is 805. The third-order valence-corrected chi connectivity index (χ3v) is 5.58.